The van der Waals surface area contributed by atoms with E-state index in [2.05, 4.69) is 15.5 Å². The lowest BCUT2D eigenvalue weighted by Gasteiger charge is -2.30. The first-order valence-corrected chi connectivity index (χ1v) is 9.16. The van der Waals surface area contributed by atoms with Gasteiger partial charge in [-0.2, -0.15) is 5.10 Å². The van der Waals surface area contributed by atoms with Crippen molar-refractivity contribution in [2.75, 3.05) is 6.61 Å². The van der Waals surface area contributed by atoms with Crippen molar-refractivity contribution in [3.8, 4) is 5.75 Å². The first-order chi connectivity index (χ1) is 13.4. The summed E-state index contributed by atoms with van der Waals surface area (Å²) in [6, 6.07) is 10.6. The third-order valence-electron chi connectivity index (χ3n) is 3.98. The monoisotopic (exact) mass is 382 g/mol. The van der Waals surface area contributed by atoms with E-state index in [1.54, 1.807) is 29.2 Å². The molecular weight excluding hydrogens is 356 g/mol. The van der Waals surface area contributed by atoms with E-state index in [0.717, 1.165) is 0 Å². The second-order valence-corrected chi connectivity index (χ2v) is 6.75. The highest BCUT2D eigenvalue weighted by molar-refractivity contribution is 5.95. The summed E-state index contributed by atoms with van der Waals surface area (Å²) in [5.74, 6) is 0.102. The van der Waals surface area contributed by atoms with Gasteiger partial charge in [0.2, 0.25) is 0 Å². The van der Waals surface area contributed by atoms with Crippen molar-refractivity contribution in [3.63, 3.8) is 0 Å². The number of carbonyl (C=O) groups excluding carboxylic acids is 2. The molecule has 28 heavy (non-hydrogen) atoms. The molecule has 0 aliphatic rings. The lowest BCUT2D eigenvalue weighted by Crippen LogP contribution is -2.44. The van der Waals surface area contributed by atoms with E-state index in [0.29, 0.717) is 16.9 Å². The van der Waals surface area contributed by atoms with Crippen molar-refractivity contribution >= 4 is 18.0 Å². The zero-order chi connectivity index (χ0) is 20.5. The molecule has 2 amide bonds. The minimum Gasteiger partial charge on any atom is -0.483 e. The third kappa shape index (κ3) is 5.90. The molecule has 0 saturated carbocycles. The van der Waals surface area contributed by atoms with Gasteiger partial charge in [-0.3, -0.25) is 14.6 Å². The van der Waals surface area contributed by atoms with Gasteiger partial charge in [0.05, 0.1) is 6.21 Å². The maximum Gasteiger partial charge on any atom is 0.271 e. The number of hydrazone groups is 1. The van der Waals surface area contributed by atoms with Gasteiger partial charge in [-0.15, -0.1) is 0 Å². The Morgan fingerprint density at radius 1 is 1.11 bits per heavy atom. The predicted octanol–water partition coefficient (Wildman–Crippen LogP) is 2.87. The molecule has 2 aromatic rings. The van der Waals surface area contributed by atoms with Crippen molar-refractivity contribution in [1.82, 2.24) is 15.3 Å². The quantitative estimate of drug-likeness (QED) is 0.562. The molecule has 1 heterocycles. The van der Waals surface area contributed by atoms with E-state index in [9.17, 15) is 9.59 Å². The Morgan fingerprint density at radius 3 is 2.39 bits per heavy atom. The van der Waals surface area contributed by atoms with Crippen molar-refractivity contribution in [1.29, 1.82) is 0 Å². The number of amides is 2. The summed E-state index contributed by atoms with van der Waals surface area (Å²) in [5.41, 5.74) is 3.58. The van der Waals surface area contributed by atoms with Crippen LogP contribution in [0, 0.1) is 0 Å². The largest absolute Gasteiger partial charge is 0.483 e. The Balaban J connectivity index is 2.00. The Labute approximate surface area is 165 Å². The van der Waals surface area contributed by atoms with Crippen LogP contribution in [0.25, 0.3) is 0 Å². The van der Waals surface area contributed by atoms with Crippen LogP contribution in [0.4, 0.5) is 0 Å². The number of pyridine rings is 1. The number of aromatic nitrogens is 1. The van der Waals surface area contributed by atoms with Crippen LogP contribution >= 0.6 is 0 Å². The summed E-state index contributed by atoms with van der Waals surface area (Å²) in [6.07, 6.45) is 4.56. The summed E-state index contributed by atoms with van der Waals surface area (Å²) < 4.78 is 5.72. The fourth-order valence-electron chi connectivity index (χ4n) is 2.83. The SMILES string of the molecule is CC(C)N(C(=O)COc1ccccc1/C=N/NC(=O)c1ccncc1)C(C)C. The van der Waals surface area contributed by atoms with E-state index in [1.807, 2.05) is 39.8 Å². The molecule has 0 aliphatic heterocycles. The van der Waals surface area contributed by atoms with E-state index in [1.165, 1.54) is 18.6 Å². The smallest absolute Gasteiger partial charge is 0.271 e. The van der Waals surface area contributed by atoms with Gasteiger partial charge in [0.15, 0.2) is 6.61 Å². The molecule has 0 radical (unpaired) electrons. The first-order valence-electron chi connectivity index (χ1n) is 9.16. The van der Waals surface area contributed by atoms with Gasteiger partial charge in [0, 0.05) is 35.6 Å². The van der Waals surface area contributed by atoms with Crippen molar-refractivity contribution in [2.24, 2.45) is 5.10 Å². The van der Waals surface area contributed by atoms with Gasteiger partial charge < -0.3 is 9.64 Å². The van der Waals surface area contributed by atoms with Crippen LogP contribution in [0.5, 0.6) is 5.75 Å². The van der Waals surface area contributed by atoms with Gasteiger partial charge in [-0.05, 0) is 52.0 Å². The number of para-hydroxylation sites is 1. The molecule has 0 bridgehead atoms. The highest BCUT2D eigenvalue weighted by Crippen LogP contribution is 2.16. The molecule has 0 spiro atoms. The number of carbonyl (C=O) groups is 2. The van der Waals surface area contributed by atoms with Crippen LogP contribution in [0.3, 0.4) is 0 Å². The Kier molecular flexibility index (Phi) is 7.68. The zero-order valence-corrected chi connectivity index (χ0v) is 16.6. The highest BCUT2D eigenvalue weighted by Gasteiger charge is 2.20. The van der Waals surface area contributed by atoms with Crippen molar-refractivity contribution in [3.05, 3.63) is 59.9 Å². The van der Waals surface area contributed by atoms with E-state index in [-0.39, 0.29) is 30.5 Å². The third-order valence-corrected chi connectivity index (χ3v) is 3.98. The highest BCUT2D eigenvalue weighted by atomic mass is 16.5. The molecule has 7 heteroatoms. The lowest BCUT2D eigenvalue weighted by atomic mass is 10.2. The fraction of sp³-hybridized carbons (Fsp3) is 0.333. The predicted molar refractivity (Wildman–Crippen MR) is 108 cm³/mol. The second kappa shape index (κ2) is 10.2. The summed E-state index contributed by atoms with van der Waals surface area (Å²) >= 11 is 0. The molecule has 0 saturated heterocycles. The molecule has 7 nitrogen and oxygen atoms in total. The molecule has 2 rings (SSSR count). The van der Waals surface area contributed by atoms with Gasteiger partial charge in [-0.25, -0.2) is 5.43 Å². The topological polar surface area (TPSA) is 83.9 Å². The number of ether oxygens (including phenoxy) is 1. The van der Waals surface area contributed by atoms with Crippen LogP contribution in [0.1, 0.15) is 43.6 Å². The molecular formula is C21H26N4O3. The maximum absolute atomic E-state index is 12.5. The summed E-state index contributed by atoms with van der Waals surface area (Å²) in [7, 11) is 0. The van der Waals surface area contributed by atoms with Crippen molar-refractivity contribution < 1.29 is 14.3 Å². The molecule has 0 atom stereocenters. The Hall–Kier alpha value is -3.22. The summed E-state index contributed by atoms with van der Waals surface area (Å²) in [5, 5.41) is 3.98. The minimum absolute atomic E-state index is 0.0649. The van der Waals surface area contributed by atoms with Crippen LogP contribution in [0.2, 0.25) is 0 Å². The number of benzene rings is 1. The van der Waals surface area contributed by atoms with Gasteiger partial charge in [0.1, 0.15) is 5.75 Å². The van der Waals surface area contributed by atoms with E-state index >= 15 is 0 Å². The fourth-order valence-corrected chi connectivity index (χ4v) is 2.83. The van der Waals surface area contributed by atoms with Gasteiger partial charge in [-0.1, -0.05) is 12.1 Å². The average molecular weight is 382 g/mol. The summed E-state index contributed by atoms with van der Waals surface area (Å²) in [6.45, 7) is 7.84. The number of hydrogen-bond donors (Lipinski definition) is 1. The first kappa shape index (κ1) is 21.1. The Morgan fingerprint density at radius 2 is 1.75 bits per heavy atom. The molecule has 0 fully saturated rings. The van der Waals surface area contributed by atoms with Gasteiger partial charge in [0.25, 0.3) is 11.8 Å². The number of nitrogens with zero attached hydrogens (tertiary/aromatic N) is 3. The minimum atomic E-state index is -0.336. The number of hydrogen-bond acceptors (Lipinski definition) is 5. The Bertz CT molecular complexity index is 811. The average Bonchev–Trinajstić information content (AvgIpc) is 2.67. The van der Waals surface area contributed by atoms with Crippen molar-refractivity contribution in [2.45, 2.75) is 39.8 Å². The normalized spacial score (nSPS) is 11.1. The van der Waals surface area contributed by atoms with E-state index < -0.39 is 0 Å². The molecule has 1 aromatic heterocycles. The summed E-state index contributed by atoms with van der Waals surface area (Å²) in [4.78, 5) is 30.1. The lowest BCUT2D eigenvalue weighted by molar-refractivity contribution is -0.136. The molecule has 148 valence electrons. The molecule has 0 aliphatic carbocycles. The second-order valence-electron chi connectivity index (χ2n) is 6.75. The molecule has 0 unspecified atom stereocenters. The standard InChI is InChI=1S/C21H26N4O3/c1-15(2)25(16(3)4)20(26)14-28-19-8-6-5-7-18(19)13-23-24-21(27)17-9-11-22-12-10-17/h5-13,15-16H,14H2,1-4H3,(H,24,27)/b23-13+. The zero-order valence-electron chi connectivity index (χ0n) is 16.6. The molecule has 1 aromatic carbocycles. The maximum atomic E-state index is 12.5. The van der Waals surface area contributed by atoms with Crippen LogP contribution in [-0.2, 0) is 4.79 Å². The molecule has 1 N–H and O–H groups in total. The van der Waals surface area contributed by atoms with E-state index in [4.69, 9.17) is 4.74 Å². The number of rotatable bonds is 8. The van der Waals surface area contributed by atoms with Crippen LogP contribution in [-0.4, -0.2) is 46.6 Å². The number of nitrogens with one attached hydrogen (secondary N) is 1. The van der Waals surface area contributed by atoms with Crippen LogP contribution in [0.15, 0.2) is 53.9 Å². The van der Waals surface area contributed by atoms with Crippen LogP contribution < -0.4 is 10.2 Å². The van der Waals surface area contributed by atoms with Gasteiger partial charge >= 0.3 is 0 Å².